The monoisotopic (exact) mass is 302 g/mol. The molecule has 5 rings (SSSR count). The molecule has 0 radical (unpaired) electrons. The molecule has 0 amide bonds. The Balaban J connectivity index is 1.73. The molecule has 0 fully saturated rings. The van der Waals surface area contributed by atoms with Crippen LogP contribution in [0.25, 0.3) is 5.57 Å². The van der Waals surface area contributed by atoms with Crippen LogP contribution in [-0.4, -0.2) is 13.7 Å². The van der Waals surface area contributed by atoms with Gasteiger partial charge in [0.1, 0.15) is 5.75 Å². The molecule has 0 spiro atoms. The molecule has 3 heterocycles. The Morgan fingerprint density at radius 3 is 2.87 bits per heavy atom. The molecule has 3 heteroatoms. The molecule has 23 heavy (non-hydrogen) atoms. The fourth-order valence-electron chi connectivity index (χ4n) is 4.04. The van der Waals surface area contributed by atoms with E-state index < -0.39 is 0 Å². The Kier molecular flexibility index (Phi) is 2.66. The van der Waals surface area contributed by atoms with Crippen molar-refractivity contribution >= 4 is 11.3 Å². The third-order valence-electron chi connectivity index (χ3n) is 5.15. The van der Waals surface area contributed by atoms with Crippen LogP contribution < -0.4 is 20.2 Å². The van der Waals surface area contributed by atoms with Gasteiger partial charge in [-0.2, -0.15) is 0 Å². The molecule has 0 aliphatic carbocycles. The summed E-state index contributed by atoms with van der Waals surface area (Å²) >= 11 is 0. The van der Waals surface area contributed by atoms with Crippen molar-refractivity contribution in [2.75, 3.05) is 18.6 Å². The molecule has 0 aromatic heterocycles. The van der Waals surface area contributed by atoms with Crippen LogP contribution in [0.1, 0.15) is 18.4 Å². The van der Waals surface area contributed by atoms with E-state index in [0.29, 0.717) is 0 Å². The predicted octanol–water partition coefficient (Wildman–Crippen LogP) is 2.55. The SMILES string of the molecule is COc1ccc2c(c1)=NC1=C3CCc4ccccc4N3CCC=21. The van der Waals surface area contributed by atoms with Gasteiger partial charge in [0.2, 0.25) is 0 Å². The van der Waals surface area contributed by atoms with Gasteiger partial charge in [0.05, 0.1) is 18.2 Å². The lowest BCUT2D eigenvalue weighted by Crippen LogP contribution is -2.33. The summed E-state index contributed by atoms with van der Waals surface area (Å²) in [6.45, 7) is 1.05. The van der Waals surface area contributed by atoms with E-state index in [1.165, 1.54) is 33.4 Å². The lowest BCUT2D eigenvalue weighted by atomic mass is 9.92. The molecular formula is C20H18N2O. The molecular weight excluding hydrogens is 284 g/mol. The average molecular weight is 302 g/mol. The topological polar surface area (TPSA) is 24.8 Å². The van der Waals surface area contributed by atoms with Crippen LogP contribution in [0.3, 0.4) is 0 Å². The Bertz CT molecular complexity index is 971. The first-order chi connectivity index (χ1) is 11.3. The molecule has 0 bridgehead atoms. The van der Waals surface area contributed by atoms with E-state index in [1.807, 2.05) is 6.07 Å². The number of nitrogens with zero attached hydrogens (tertiary/aromatic N) is 2. The van der Waals surface area contributed by atoms with Crippen molar-refractivity contribution in [3.8, 4) is 5.75 Å². The standard InChI is InChI=1S/C20H18N2O/c1-23-14-7-8-15-16-10-11-22-18-5-3-2-4-13(18)6-9-19(22)20(16)21-17(15)12-14/h2-5,7-8,12H,6,9-11H2,1H3. The number of hydrogen-bond donors (Lipinski definition) is 0. The van der Waals surface area contributed by atoms with Crippen LogP contribution in [0.5, 0.6) is 5.75 Å². The molecule has 0 atom stereocenters. The van der Waals surface area contributed by atoms with Crippen molar-refractivity contribution in [3.63, 3.8) is 0 Å². The summed E-state index contributed by atoms with van der Waals surface area (Å²) in [7, 11) is 1.71. The largest absolute Gasteiger partial charge is 0.497 e. The van der Waals surface area contributed by atoms with Crippen LogP contribution in [0.4, 0.5) is 5.69 Å². The highest BCUT2D eigenvalue weighted by atomic mass is 16.5. The van der Waals surface area contributed by atoms with Gasteiger partial charge < -0.3 is 9.64 Å². The number of fused-ring (bicyclic) bond motifs is 5. The van der Waals surface area contributed by atoms with Gasteiger partial charge in [-0.25, -0.2) is 4.99 Å². The molecule has 114 valence electrons. The molecule has 0 saturated heterocycles. The van der Waals surface area contributed by atoms with Gasteiger partial charge in [0, 0.05) is 29.2 Å². The highest BCUT2D eigenvalue weighted by Crippen LogP contribution is 2.40. The number of methoxy groups -OCH3 is 1. The molecule has 0 unspecified atom stereocenters. The van der Waals surface area contributed by atoms with Gasteiger partial charge in [-0.05, 0) is 48.6 Å². The molecule has 2 aromatic rings. The lowest BCUT2D eigenvalue weighted by Gasteiger charge is -2.37. The Labute approximate surface area is 135 Å². The summed E-state index contributed by atoms with van der Waals surface area (Å²) in [6.07, 6.45) is 3.23. The van der Waals surface area contributed by atoms with Gasteiger partial charge in [-0.1, -0.05) is 18.2 Å². The number of allylic oxidation sites excluding steroid dienone is 2. The number of hydrogen-bond acceptors (Lipinski definition) is 3. The zero-order valence-corrected chi connectivity index (χ0v) is 13.2. The first kappa shape index (κ1) is 12.9. The van der Waals surface area contributed by atoms with Crippen molar-refractivity contribution in [1.82, 2.24) is 0 Å². The smallest absolute Gasteiger partial charge is 0.121 e. The van der Waals surface area contributed by atoms with Crippen molar-refractivity contribution in [1.29, 1.82) is 0 Å². The van der Waals surface area contributed by atoms with Gasteiger partial charge in [-0.3, -0.25) is 0 Å². The average Bonchev–Trinajstić information content (AvgIpc) is 2.99. The Morgan fingerprint density at radius 2 is 1.96 bits per heavy atom. The summed E-state index contributed by atoms with van der Waals surface area (Å²) in [5.41, 5.74) is 6.82. The van der Waals surface area contributed by atoms with Crippen LogP contribution in [0.2, 0.25) is 0 Å². The van der Waals surface area contributed by atoms with Gasteiger partial charge >= 0.3 is 0 Å². The van der Waals surface area contributed by atoms with E-state index in [4.69, 9.17) is 9.73 Å². The van der Waals surface area contributed by atoms with Crippen molar-refractivity contribution in [2.45, 2.75) is 19.3 Å². The lowest BCUT2D eigenvalue weighted by molar-refractivity contribution is 0.414. The Hall–Kier alpha value is -2.55. The van der Waals surface area contributed by atoms with Gasteiger partial charge in [-0.15, -0.1) is 0 Å². The highest BCUT2D eigenvalue weighted by molar-refractivity contribution is 5.75. The molecule has 0 saturated carbocycles. The van der Waals surface area contributed by atoms with Crippen molar-refractivity contribution in [2.24, 2.45) is 4.99 Å². The van der Waals surface area contributed by atoms with Crippen LogP contribution >= 0.6 is 0 Å². The zero-order valence-electron chi connectivity index (χ0n) is 13.2. The number of rotatable bonds is 1. The fraction of sp³-hybridized carbons (Fsp3) is 0.250. The van der Waals surface area contributed by atoms with E-state index in [0.717, 1.165) is 36.9 Å². The zero-order chi connectivity index (χ0) is 15.4. The molecule has 3 aliphatic heterocycles. The quantitative estimate of drug-likeness (QED) is 0.809. The van der Waals surface area contributed by atoms with E-state index in [1.54, 1.807) is 7.11 Å². The molecule has 2 aromatic carbocycles. The number of benzene rings is 2. The number of aryl methyl sites for hydroxylation is 1. The van der Waals surface area contributed by atoms with Crippen LogP contribution in [0.15, 0.2) is 58.9 Å². The van der Waals surface area contributed by atoms with E-state index >= 15 is 0 Å². The van der Waals surface area contributed by atoms with Gasteiger partial charge in [0.15, 0.2) is 0 Å². The van der Waals surface area contributed by atoms with E-state index in [-0.39, 0.29) is 0 Å². The first-order valence-corrected chi connectivity index (χ1v) is 8.20. The minimum absolute atomic E-state index is 0.878. The number of para-hydroxylation sites is 1. The third kappa shape index (κ3) is 1.79. The van der Waals surface area contributed by atoms with E-state index in [2.05, 4.69) is 41.3 Å². The maximum atomic E-state index is 5.35. The van der Waals surface area contributed by atoms with Crippen molar-refractivity contribution in [3.05, 3.63) is 70.0 Å². The van der Waals surface area contributed by atoms with Crippen molar-refractivity contribution < 1.29 is 4.74 Å². The molecule has 0 N–H and O–H groups in total. The second-order valence-electron chi connectivity index (χ2n) is 6.30. The second-order valence-corrected chi connectivity index (χ2v) is 6.30. The van der Waals surface area contributed by atoms with E-state index in [9.17, 15) is 0 Å². The normalized spacial score (nSPS) is 18.0. The van der Waals surface area contributed by atoms with Crippen LogP contribution in [-0.2, 0) is 6.42 Å². The summed E-state index contributed by atoms with van der Waals surface area (Å²) < 4.78 is 5.35. The number of anilines is 1. The second kappa shape index (κ2) is 4.72. The summed E-state index contributed by atoms with van der Waals surface area (Å²) in [5.74, 6) is 0.878. The fourth-order valence-corrected chi connectivity index (χ4v) is 4.04. The minimum atomic E-state index is 0.878. The first-order valence-electron chi connectivity index (χ1n) is 8.20. The third-order valence-corrected chi connectivity index (χ3v) is 5.15. The molecule has 3 aliphatic rings. The maximum absolute atomic E-state index is 5.35. The number of ether oxygens (including phenoxy) is 1. The predicted molar refractivity (Wildman–Crippen MR) is 90.9 cm³/mol. The maximum Gasteiger partial charge on any atom is 0.121 e. The summed E-state index contributed by atoms with van der Waals surface area (Å²) in [5, 5.41) is 2.34. The highest BCUT2D eigenvalue weighted by Gasteiger charge is 2.30. The summed E-state index contributed by atoms with van der Waals surface area (Å²) in [6, 6.07) is 15.0. The molecule has 3 nitrogen and oxygen atoms in total. The minimum Gasteiger partial charge on any atom is -0.497 e. The van der Waals surface area contributed by atoms with Gasteiger partial charge in [0.25, 0.3) is 0 Å². The van der Waals surface area contributed by atoms with Crippen LogP contribution in [0, 0.1) is 0 Å². The Morgan fingerprint density at radius 1 is 1.04 bits per heavy atom. The summed E-state index contributed by atoms with van der Waals surface area (Å²) in [4.78, 5) is 7.44.